The molecule has 0 radical (unpaired) electrons. The van der Waals surface area contributed by atoms with E-state index in [2.05, 4.69) is 4.98 Å². The van der Waals surface area contributed by atoms with Crippen molar-refractivity contribution in [3.63, 3.8) is 0 Å². The Labute approximate surface area is 113 Å². The molecule has 0 atom stereocenters. The van der Waals surface area contributed by atoms with Gasteiger partial charge in [-0.2, -0.15) is 0 Å². The van der Waals surface area contributed by atoms with Gasteiger partial charge in [0.2, 0.25) is 0 Å². The number of ether oxygens (including phenoxy) is 1. The molecule has 2 rings (SSSR count). The van der Waals surface area contributed by atoms with Crippen LogP contribution in [0.15, 0.2) is 0 Å². The molecule has 1 aliphatic heterocycles. The van der Waals surface area contributed by atoms with Gasteiger partial charge in [-0.25, -0.2) is 4.98 Å². The summed E-state index contributed by atoms with van der Waals surface area (Å²) in [4.78, 5) is 5.83. The molecule has 0 saturated carbocycles. The minimum atomic E-state index is 0.164. The quantitative estimate of drug-likeness (QED) is 0.742. The van der Waals surface area contributed by atoms with Gasteiger partial charge in [-0.15, -0.1) is 0 Å². The van der Waals surface area contributed by atoms with E-state index in [0.29, 0.717) is 42.0 Å². The zero-order valence-corrected chi connectivity index (χ0v) is 11.2. The van der Waals surface area contributed by atoms with E-state index in [9.17, 15) is 0 Å². The van der Waals surface area contributed by atoms with Gasteiger partial charge in [0.25, 0.3) is 0 Å². The molecule has 88 valence electrons. The molecular formula is C9H8Cl4N2O. The van der Waals surface area contributed by atoms with Crippen molar-refractivity contribution in [2.24, 2.45) is 0 Å². The highest BCUT2D eigenvalue weighted by Crippen LogP contribution is 2.41. The highest BCUT2D eigenvalue weighted by Gasteiger charge is 2.22. The Morgan fingerprint density at radius 3 is 1.94 bits per heavy atom. The van der Waals surface area contributed by atoms with Gasteiger partial charge in [0.15, 0.2) is 10.3 Å². The van der Waals surface area contributed by atoms with Crippen LogP contribution in [-0.4, -0.2) is 31.3 Å². The minimum Gasteiger partial charge on any atom is -0.378 e. The summed E-state index contributed by atoms with van der Waals surface area (Å²) in [5.41, 5.74) is 0.636. The summed E-state index contributed by atoms with van der Waals surface area (Å²) in [6.07, 6.45) is 0. The molecule has 1 aliphatic rings. The summed E-state index contributed by atoms with van der Waals surface area (Å²) in [6, 6.07) is 0. The SMILES string of the molecule is Clc1nc(Cl)c(Cl)c(N2CCOCC2)c1Cl. The number of pyridine rings is 1. The molecule has 1 fully saturated rings. The molecule has 0 aromatic carbocycles. The molecule has 0 aliphatic carbocycles. The van der Waals surface area contributed by atoms with Gasteiger partial charge in [0.05, 0.1) is 18.9 Å². The van der Waals surface area contributed by atoms with Crippen molar-refractivity contribution in [2.45, 2.75) is 0 Å². The van der Waals surface area contributed by atoms with Crippen LogP contribution in [-0.2, 0) is 4.74 Å². The Morgan fingerprint density at radius 1 is 0.938 bits per heavy atom. The van der Waals surface area contributed by atoms with Gasteiger partial charge in [0.1, 0.15) is 10.0 Å². The number of rotatable bonds is 1. The molecule has 3 nitrogen and oxygen atoms in total. The van der Waals surface area contributed by atoms with Crippen molar-refractivity contribution >= 4 is 52.1 Å². The van der Waals surface area contributed by atoms with Crippen LogP contribution < -0.4 is 4.90 Å². The Hall–Kier alpha value is 0.0700. The summed E-state index contributed by atoms with van der Waals surface area (Å²) in [5.74, 6) is 0. The maximum atomic E-state index is 6.08. The normalized spacial score (nSPS) is 16.6. The average Bonchev–Trinajstić information content (AvgIpc) is 2.28. The van der Waals surface area contributed by atoms with Gasteiger partial charge in [-0.3, -0.25) is 0 Å². The van der Waals surface area contributed by atoms with Crippen molar-refractivity contribution in [2.75, 3.05) is 31.2 Å². The molecule has 7 heteroatoms. The van der Waals surface area contributed by atoms with Crippen molar-refractivity contribution in [1.82, 2.24) is 4.98 Å². The monoisotopic (exact) mass is 300 g/mol. The predicted molar refractivity (Wildman–Crippen MR) is 67.3 cm³/mol. The number of hydrogen-bond acceptors (Lipinski definition) is 3. The average molecular weight is 302 g/mol. The Balaban J connectivity index is 2.45. The van der Waals surface area contributed by atoms with Gasteiger partial charge in [0, 0.05) is 13.1 Å². The number of nitrogens with zero attached hydrogens (tertiary/aromatic N) is 2. The predicted octanol–water partition coefficient (Wildman–Crippen LogP) is 3.53. The lowest BCUT2D eigenvalue weighted by molar-refractivity contribution is 0.122. The van der Waals surface area contributed by atoms with Crippen LogP contribution in [0.25, 0.3) is 0 Å². The molecule has 1 aromatic rings. The number of anilines is 1. The highest BCUT2D eigenvalue weighted by atomic mass is 35.5. The summed E-state index contributed by atoms with van der Waals surface area (Å²) in [7, 11) is 0. The summed E-state index contributed by atoms with van der Waals surface area (Å²) in [6.45, 7) is 2.67. The van der Waals surface area contributed by atoms with Crippen LogP contribution in [0.3, 0.4) is 0 Å². The topological polar surface area (TPSA) is 25.4 Å². The van der Waals surface area contributed by atoms with Crippen molar-refractivity contribution in [1.29, 1.82) is 0 Å². The van der Waals surface area contributed by atoms with Crippen LogP contribution in [0.5, 0.6) is 0 Å². The first-order chi connectivity index (χ1) is 7.61. The maximum absolute atomic E-state index is 6.08. The van der Waals surface area contributed by atoms with E-state index in [0.717, 1.165) is 0 Å². The summed E-state index contributed by atoms with van der Waals surface area (Å²) >= 11 is 23.9. The van der Waals surface area contributed by atoms with Crippen molar-refractivity contribution in [3.05, 3.63) is 20.4 Å². The van der Waals surface area contributed by atoms with Gasteiger partial charge < -0.3 is 9.64 Å². The fraction of sp³-hybridized carbons (Fsp3) is 0.444. The zero-order chi connectivity index (χ0) is 11.7. The molecule has 1 saturated heterocycles. The fourth-order valence-electron chi connectivity index (χ4n) is 1.54. The highest BCUT2D eigenvalue weighted by molar-refractivity contribution is 6.48. The molecule has 0 amide bonds. The van der Waals surface area contributed by atoms with E-state index < -0.39 is 0 Å². The largest absolute Gasteiger partial charge is 0.378 e. The lowest BCUT2D eigenvalue weighted by atomic mass is 10.3. The summed E-state index contributed by atoms with van der Waals surface area (Å²) < 4.78 is 5.25. The van der Waals surface area contributed by atoms with E-state index in [1.807, 2.05) is 4.90 Å². The second-order valence-corrected chi connectivity index (χ2v) is 4.74. The first-order valence-electron chi connectivity index (χ1n) is 4.64. The molecule has 1 aromatic heterocycles. The van der Waals surface area contributed by atoms with Crippen LogP contribution >= 0.6 is 46.4 Å². The third-order valence-corrected chi connectivity index (χ3v) is 3.76. The number of hydrogen-bond donors (Lipinski definition) is 0. The lowest BCUT2D eigenvalue weighted by Crippen LogP contribution is -2.36. The standard InChI is InChI=1S/C9H8Cl4N2O/c10-5-7(15-1-3-16-4-2-15)6(11)9(13)14-8(5)12/h1-4H2. The van der Waals surface area contributed by atoms with E-state index in [-0.39, 0.29) is 10.3 Å². The minimum absolute atomic E-state index is 0.164. The van der Waals surface area contributed by atoms with Crippen LogP contribution in [0, 0.1) is 0 Å². The van der Waals surface area contributed by atoms with Crippen LogP contribution in [0.4, 0.5) is 5.69 Å². The Kier molecular flexibility index (Phi) is 4.03. The lowest BCUT2D eigenvalue weighted by Gasteiger charge is -2.30. The first-order valence-corrected chi connectivity index (χ1v) is 6.15. The van der Waals surface area contributed by atoms with Gasteiger partial charge >= 0.3 is 0 Å². The molecule has 0 unspecified atom stereocenters. The third kappa shape index (κ3) is 2.34. The number of morpholine rings is 1. The molecule has 0 bridgehead atoms. The third-order valence-electron chi connectivity index (χ3n) is 2.30. The van der Waals surface area contributed by atoms with E-state index in [4.69, 9.17) is 51.1 Å². The smallest absolute Gasteiger partial charge is 0.151 e. The number of halogens is 4. The second kappa shape index (κ2) is 5.15. The zero-order valence-electron chi connectivity index (χ0n) is 8.14. The van der Waals surface area contributed by atoms with Gasteiger partial charge in [-0.05, 0) is 0 Å². The maximum Gasteiger partial charge on any atom is 0.151 e. The van der Waals surface area contributed by atoms with E-state index in [1.54, 1.807) is 0 Å². The molecule has 2 heterocycles. The van der Waals surface area contributed by atoms with E-state index >= 15 is 0 Å². The fourth-order valence-corrected chi connectivity index (χ4v) is 2.49. The first kappa shape index (κ1) is 12.5. The molecule has 0 spiro atoms. The number of aromatic nitrogens is 1. The van der Waals surface area contributed by atoms with Crippen molar-refractivity contribution in [3.8, 4) is 0 Å². The molecular weight excluding hydrogens is 294 g/mol. The van der Waals surface area contributed by atoms with E-state index in [1.165, 1.54) is 0 Å². The Bertz CT molecular complexity index is 381. The summed E-state index contributed by atoms with van der Waals surface area (Å²) in [5, 5.41) is 0.992. The molecule has 16 heavy (non-hydrogen) atoms. The molecule has 0 N–H and O–H groups in total. The van der Waals surface area contributed by atoms with Crippen molar-refractivity contribution < 1.29 is 4.74 Å². The van der Waals surface area contributed by atoms with Crippen LogP contribution in [0.1, 0.15) is 0 Å². The van der Waals surface area contributed by atoms with Gasteiger partial charge in [-0.1, -0.05) is 46.4 Å². The van der Waals surface area contributed by atoms with Crippen LogP contribution in [0.2, 0.25) is 20.4 Å². The second-order valence-electron chi connectivity index (χ2n) is 3.27. The Morgan fingerprint density at radius 2 is 1.44 bits per heavy atom.